The van der Waals surface area contributed by atoms with Crippen LogP contribution in [0.4, 0.5) is 15.9 Å². The van der Waals surface area contributed by atoms with Crippen molar-refractivity contribution in [2.45, 2.75) is 13.1 Å². The number of pyridine rings is 1. The number of fused-ring (bicyclic) bond motifs is 1. The molecule has 2 aromatic carbocycles. The molecule has 0 radical (unpaired) electrons. The second-order valence-corrected chi connectivity index (χ2v) is 7.78. The molecule has 0 fully saturated rings. The summed E-state index contributed by atoms with van der Waals surface area (Å²) in [4.78, 5) is 33.0. The summed E-state index contributed by atoms with van der Waals surface area (Å²) >= 11 is 5.95. The summed E-state index contributed by atoms with van der Waals surface area (Å²) in [5, 5.41) is 3.61. The Hall–Kier alpha value is -3.45. The molecule has 0 bridgehead atoms. The maximum absolute atomic E-state index is 13.1. The Bertz CT molecular complexity index is 1120. The number of amides is 2. The van der Waals surface area contributed by atoms with E-state index in [1.165, 1.54) is 23.2 Å². The van der Waals surface area contributed by atoms with Gasteiger partial charge in [-0.1, -0.05) is 35.9 Å². The zero-order chi connectivity index (χ0) is 22.0. The highest BCUT2D eigenvalue weighted by Crippen LogP contribution is 2.30. The Balaban J connectivity index is 1.57. The molecule has 3 aromatic rings. The summed E-state index contributed by atoms with van der Waals surface area (Å²) in [6.07, 6.45) is 1.49. The largest absolute Gasteiger partial charge is 0.359 e. The molecule has 4 rings (SSSR count). The lowest BCUT2D eigenvalue weighted by Gasteiger charge is -2.30. The molecule has 2 amide bonds. The lowest BCUT2D eigenvalue weighted by Crippen LogP contribution is -2.40. The quantitative estimate of drug-likeness (QED) is 0.651. The number of carbonyl (C=O) groups excluding carboxylic acids is 2. The third-order valence-corrected chi connectivity index (χ3v) is 5.30. The predicted octanol–water partition coefficient (Wildman–Crippen LogP) is 4.11. The average Bonchev–Trinajstić information content (AvgIpc) is 2.77. The van der Waals surface area contributed by atoms with Gasteiger partial charge in [0, 0.05) is 24.8 Å². The molecule has 1 aliphatic heterocycles. The number of hydrogen-bond acceptors (Lipinski definition) is 4. The van der Waals surface area contributed by atoms with Gasteiger partial charge in [0.05, 0.1) is 24.3 Å². The van der Waals surface area contributed by atoms with E-state index in [2.05, 4.69) is 10.3 Å². The first-order valence-electron chi connectivity index (χ1n) is 9.69. The van der Waals surface area contributed by atoms with Crippen LogP contribution in [0, 0.1) is 5.82 Å². The maximum atomic E-state index is 13.1. The molecule has 0 atom stereocenters. The van der Waals surface area contributed by atoms with Crippen molar-refractivity contribution >= 4 is 34.9 Å². The molecular formula is C23H20ClFN4O2. The predicted molar refractivity (Wildman–Crippen MR) is 118 cm³/mol. The Labute approximate surface area is 184 Å². The van der Waals surface area contributed by atoms with Gasteiger partial charge in [0.1, 0.15) is 5.82 Å². The normalized spacial score (nSPS) is 12.9. The lowest BCUT2D eigenvalue weighted by atomic mass is 10.1. The van der Waals surface area contributed by atoms with Gasteiger partial charge in [0.2, 0.25) is 5.91 Å². The minimum atomic E-state index is -0.324. The van der Waals surface area contributed by atoms with E-state index in [1.807, 2.05) is 12.1 Å². The number of rotatable bonds is 5. The highest BCUT2D eigenvalue weighted by molar-refractivity contribution is 6.30. The summed E-state index contributed by atoms with van der Waals surface area (Å²) in [5.74, 6) is -0.140. The van der Waals surface area contributed by atoms with Crippen molar-refractivity contribution in [3.05, 3.63) is 88.3 Å². The van der Waals surface area contributed by atoms with Crippen LogP contribution in [-0.4, -0.2) is 35.3 Å². The molecule has 0 saturated heterocycles. The van der Waals surface area contributed by atoms with Crippen molar-refractivity contribution in [2.24, 2.45) is 0 Å². The smallest absolute Gasteiger partial charge is 0.255 e. The van der Waals surface area contributed by atoms with E-state index in [-0.39, 0.29) is 24.2 Å². The maximum Gasteiger partial charge on any atom is 0.255 e. The van der Waals surface area contributed by atoms with Crippen LogP contribution in [0.5, 0.6) is 0 Å². The van der Waals surface area contributed by atoms with Crippen LogP contribution in [0.3, 0.4) is 0 Å². The van der Waals surface area contributed by atoms with Crippen LogP contribution in [0.1, 0.15) is 21.5 Å². The van der Waals surface area contributed by atoms with E-state index in [0.29, 0.717) is 35.2 Å². The number of nitrogens with one attached hydrogen (secondary N) is 1. The molecule has 8 heteroatoms. The molecule has 6 nitrogen and oxygen atoms in total. The van der Waals surface area contributed by atoms with E-state index in [1.54, 1.807) is 42.3 Å². The molecule has 1 N–H and O–H groups in total. The van der Waals surface area contributed by atoms with E-state index >= 15 is 0 Å². The van der Waals surface area contributed by atoms with Gasteiger partial charge in [0.25, 0.3) is 5.91 Å². The first-order chi connectivity index (χ1) is 14.9. The molecule has 158 valence electrons. The van der Waals surface area contributed by atoms with E-state index in [9.17, 15) is 14.0 Å². The molecule has 2 heterocycles. The first-order valence-corrected chi connectivity index (χ1v) is 10.1. The SMILES string of the molecule is CN(Cc1ccc(F)cc1)C(=O)c1cnc2c(c1)N(Cc1ccc(Cl)cc1)C(=O)CN2. The van der Waals surface area contributed by atoms with Crippen LogP contribution in [-0.2, 0) is 17.9 Å². The van der Waals surface area contributed by atoms with E-state index in [0.717, 1.165) is 11.1 Å². The molecule has 0 saturated carbocycles. The standard InChI is InChI=1S/C23H20ClFN4O2/c1-28(13-15-4-8-19(25)9-5-15)23(31)17-10-20-22(26-11-17)27-12-21(30)29(20)14-16-2-6-18(24)7-3-16/h2-11H,12-14H2,1H3,(H,26,27). The van der Waals surface area contributed by atoms with Crippen LogP contribution < -0.4 is 10.2 Å². The number of halogens is 2. The molecular weight excluding hydrogens is 419 g/mol. The number of carbonyl (C=O) groups is 2. The molecule has 0 unspecified atom stereocenters. The summed E-state index contributed by atoms with van der Waals surface area (Å²) in [7, 11) is 1.67. The number of hydrogen-bond donors (Lipinski definition) is 1. The van der Waals surface area contributed by atoms with Crippen LogP contribution in [0.2, 0.25) is 5.02 Å². The average molecular weight is 439 g/mol. The number of anilines is 2. The van der Waals surface area contributed by atoms with E-state index < -0.39 is 0 Å². The van der Waals surface area contributed by atoms with Crippen molar-refractivity contribution in [2.75, 3.05) is 23.8 Å². The summed E-state index contributed by atoms with van der Waals surface area (Å²) in [6.45, 7) is 0.794. The minimum absolute atomic E-state index is 0.117. The number of benzene rings is 2. The first kappa shape index (κ1) is 20.8. The Kier molecular flexibility index (Phi) is 5.86. The fourth-order valence-corrected chi connectivity index (χ4v) is 3.53. The third-order valence-electron chi connectivity index (χ3n) is 5.05. The zero-order valence-corrected chi connectivity index (χ0v) is 17.6. The lowest BCUT2D eigenvalue weighted by molar-refractivity contribution is -0.117. The topological polar surface area (TPSA) is 65.5 Å². The Morgan fingerprint density at radius 2 is 1.84 bits per heavy atom. The number of nitrogens with zero attached hydrogens (tertiary/aromatic N) is 3. The van der Waals surface area contributed by atoms with Gasteiger partial charge in [-0.15, -0.1) is 0 Å². The van der Waals surface area contributed by atoms with Crippen molar-refractivity contribution in [3.63, 3.8) is 0 Å². The monoisotopic (exact) mass is 438 g/mol. The van der Waals surface area contributed by atoms with Gasteiger partial charge < -0.3 is 15.1 Å². The van der Waals surface area contributed by atoms with Crippen LogP contribution >= 0.6 is 11.6 Å². The summed E-state index contributed by atoms with van der Waals surface area (Å²) < 4.78 is 13.1. The van der Waals surface area contributed by atoms with Crippen molar-refractivity contribution in [1.82, 2.24) is 9.88 Å². The molecule has 31 heavy (non-hydrogen) atoms. The number of aromatic nitrogens is 1. The molecule has 0 spiro atoms. The second kappa shape index (κ2) is 8.73. The molecule has 0 aliphatic carbocycles. The van der Waals surface area contributed by atoms with Gasteiger partial charge in [-0.2, -0.15) is 0 Å². The van der Waals surface area contributed by atoms with Gasteiger partial charge in [0.15, 0.2) is 5.82 Å². The van der Waals surface area contributed by atoms with Crippen molar-refractivity contribution in [3.8, 4) is 0 Å². The van der Waals surface area contributed by atoms with Gasteiger partial charge in [-0.3, -0.25) is 9.59 Å². The molecule has 1 aromatic heterocycles. The minimum Gasteiger partial charge on any atom is -0.359 e. The summed E-state index contributed by atoms with van der Waals surface area (Å²) in [6, 6.07) is 14.9. The Morgan fingerprint density at radius 3 is 2.55 bits per heavy atom. The fraction of sp³-hybridized carbons (Fsp3) is 0.174. The molecule has 1 aliphatic rings. The van der Waals surface area contributed by atoms with E-state index in [4.69, 9.17) is 11.6 Å². The highest BCUT2D eigenvalue weighted by Gasteiger charge is 2.27. The van der Waals surface area contributed by atoms with Gasteiger partial charge >= 0.3 is 0 Å². The Morgan fingerprint density at radius 1 is 1.16 bits per heavy atom. The van der Waals surface area contributed by atoms with Crippen molar-refractivity contribution < 1.29 is 14.0 Å². The van der Waals surface area contributed by atoms with Gasteiger partial charge in [-0.05, 0) is 41.5 Å². The second-order valence-electron chi connectivity index (χ2n) is 7.34. The third kappa shape index (κ3) is 4.67. The van der Waals surface area contributed by atoms with Gasteiger partial charge in [-0.25, -0.2) is 9.37 Å². The summed E-state index contributed by atoms with van der Waals surface area (Å²) in [5.41, 5.74) is 2.63. The van der Waals surface area contributed by atoms with Crippen LogP contribution in [0.15, 0.2) is 60.8 Å². The fourth-order valence-electron chi connectivity index (χ4n) is 3.40. The van der Waals surface area contributed by atoms with Crippen LogP contribution in [0.25, 0.3) is 0 Å². The highest BCUT2D eigenvalue weighted by atomic mass is 35.5. The zero-order valence-electron chi connectivity index (χ0n) is 16.8. The van der Waals surface area contributed by atoms with Crippen molar-refractivity contribution in [1.29, 1.82) is 0 Å².